The number of cyclic esters (lactones) is 1. The molecular formula is C16H16O6. The summed E-state index contributed by atoms with van der Waals surface area (Å²) in [7, 11) is 0. The fourth-order valence-corrected chi connectivity index (χ4v) is 5.19. The van der Waals surface area contributed by atoms with E-state index in [1.807, 2.05) is 13.0 Å². The highest BCUT2D eigenvalue weighted by atomic mass is 16.6. The van der Waals surface area contributed by atoms with Crippen molar-refractivity contribution in [3.63, 3.8) is 0 Å². The molecule has 0 spiro atoms. The fraction of sp³-hybridized carbons (Fsp3) is 0.625. The Morgan fingerprint density at radius 1 is 1.27 bits per heavy atom. The van der Waals surface area contributed by atoms with Crippen molar-refractivity contribution in [1.82, 2.24) is 0 Å². The molecule has 0 amide bonds. The van der Waals surface area contributed by atoms with Crippen LogP contribution < -0.4 is 0 Å². The number of aliphatic hydroxyl groups excluding tert-OH is 1. The Hall–Kier alpha value is -1.66. The van der Waals surface area contributed by atoms with Gasteiger partial charge in [0.25, 0.3) is 0 Å². The van der Waals surface area contributed by atoms with Crippen molar-refractivity contribution >= 4 is 11.9 Å². The average molecular weight is 304 g/mol. The number of esters is 2. The van der Waals surface area contributed by atoms with Crippen LogP contribution in [-0.4, -0.2) is 48.1 Å². The minimum absolute atomic E-state index is 0.192. The molecule has 0 aromatic carbocycles. The van der Waals surface area contributed by atoms with Gasteiger partial charge >= 0.3 is 11.9 Å². The van der Waals surface area contributed by atoms with Gasteiger partial charge in [-0.25, -0.2) is 4.79 Å². The summed E-state index contributed by atoms with van der Waals surface area (Å²) in [4.78, 5) is 24.2. The fourth-order valence-electron chi connectivity index (χ4n) is 5.19. The van der Waals surface area contributed by atoms with Crippen molar-refractivity contribution in [2.24, 2.45) is 16.7 Å². The highest BCUT2D eigenvalue weighted by molar-refractivity contribution is 5.87. The number of carbonyl (C=O) groups is 2. The highest BCUT2D eigenvalue weighted by Crippen LogP contribution is 2.68. The van der Waals surface area contributed by atoms with Gasteiger partial charge in [-0.15, -0.1) is 0 Å². The third-order valence-corrected chi connectivity index (χ3v) is 6.27. The summed E-state index contributed by atoms with van der Waals surface area (Å²) in [5.41, 5.74) is 0.209. The number of hydrogen-bond acceptors (Lipinski definition) is 6. The number of carbonyl (C=O) groups excluding carboxylic acids is 2. The molecule has 0 bridgehead atoms. The van der Waals surface area contributed by atoms with Crippen LogP contribution in [0.25, 0.3) is 0 Å². The molecule has 0 aromatic heterocycles. The van der Waals surface area contributed by atoms with Crippen LogP contribution in [-0.2, 0) is 23.8 Å². The second-order valence-electron chi connectivity index (χ2n) is 7.24. The summed E-state index contributed by atoms with van der Waals surface area (Å²) in [5, 5.41) is 10.6. The van der Waals surface area contributed by atoms with Gasteiger partial charge in [0.05, 0.1) is 12.2 Å². The Morgan fingerprint density at radius 2 is 2.05 bits per heavy atom. The van der Waals surface area contributed by atoms with E-state index in [1.54, 1.807) is 6.92 Å². The maximum absolute atomic E-state index is 12.5. The van der Waals surface area contributed by atoms with Crippen LogP contribution in [0, 0.1) is 16.7 Å². The van der Waals surface area contributed by atoms with E-state index in [2.05, 4.69) is 0 Å². The highest BCUT2D eigenvalue weighted by Gasteiger charge is 2.78. The van der Waals surface area contributed by atoms with Gasteiger partial charge in [0.2, 0.25) is 0 Å². The smallest absolute Gasteiger partial charge is 0.331 e. The van der Waals surface area contributed by atoms with Crippen LogP contribution in [0.15, 0.2) is 23.3 Å². The Bertz CT molecular complexity index is 693. The Balaban J connectivity index is 1.78. The zero-order chi connectivity index (χ0) is 15.4. The van der Waals surface area contributed by atoms with Gasteiger partial charge in [0.15, 0.2) is 0 Å². The molecule has 5 aliphatic rings. The molecule has 1 N–H and O–H groups in total. The Kier molecular flexibility index (Phi) is 2.02. The summed E-state index contributed by atoms with van der Waals surface area (Å²) in [6, 6.07) is 0. The number of ether oxygens (including phenoxy) is 3. The molecule has 0 radical (unpaired) electrons. The van der Waals surface area contributed by atoms with Gasteiger partial charge in [0, 0.05) is 17.4 Å². The van der Waals surface area contributed by atoms with Crippen molar-refractivity contribution in [3.05, 3.63) is 23.3 Å². The van der Waals surface area contributed by atoms with Crippen molar-refractivity contribution in [2.45, 2.75) is 38.3 Å². The van der Waals surface area contributed by atoms with E-state index in [0.717, 1.165) is 11.1 Å². The van der Waals surface area contributed by atoms with E-state index in [1.165, 1.54) is 6.08 Å². The van der Waals surface area contributed by atoms with Crippen molar-refractivity contribution < 1.29 is 28.9 Å². The lowest BCUT2D eigenvalue weighted by Crippen LogP contribution is -2.60. The van der Waals surface area contributed by atoms with Crippen molar-refractivity contribution in [1.29, 1.82) is 0 Å². The quantitative estimate of drug-likeness (QED) is 0.505. The van der Waals surface area contributed by atoms with E-state index < -0.39 is 29.0 Å². The van der Waals surface area contributed by atoms with E-state index in [9.17, 15) is 14.7 Å². The summed E-state index contributed by atoms with van der Waals surface area (Å²) >= 11 is 0. The number of epoxide rings is 1. The van der Waals surface area contributed by atoms with Gasteiger partial charge in [-0.2, -0.15) is 0 Å². The number of rotatable bonds is 0. The van der Waals surface area contributed by atoms with Gasteiger partial charge < -0.3 is 19.3 Å². The van der Waals surface area contributed by atoms with Crippen LogP contribution in [0.5, 0.6) is 0 Å². The molecule has 6 nitrogen and oxygen atoms in total. The third-order valence-electron chi connectivity index (χ3n) is 6.27. The minimum atomic E-state index is -1.01. The zero-order valence-electron chi connectivity index (χ0n) is 12.2. The van der Waals surface area contributed by atoms with Crippen LogP contribution in [0.4, 0.5) is 0 Å². The Labute approximate surface area is 126 Å². The van der Waals surface area contributed by atoms with Gasteiger partial charge in [-0.1, -0.05) is 6.92 Å². The first kappa shape index (κ1) is 12.8. The van der Waals surface area contributed by atoms with Crippen molar-refractivity contribution in [3.8, 4) is 0 Å². The van der Waals surface area contributed by atoms with Crippen molar-refractivity contribution in [2.75, 3.05) is 6.61 Å². The normalized spacial score (nSPS) is 54.2. The lowest BCUT2D eigenvalue weighted by atomic mass is 9.49. The zero-order valence-corrected chi connectivity index (χ0v) is 12.2. The number of hydrogen-bond donors (Lipinski definition) is 1. The van der Waals surface area contributed by atoms with Crippen LogP contribution in [0.2, 0.25) is 0 Å². The van der Waals surface area contributed by atoms with Gasteiger partial charge in [0.1, 0.15) is 24.2 Å². The summed E-state index contributed by atoms with van der Waals surface area (Å²) < 4.78 is 16.4. The largest absolute Gasteiger partial charge is 0.458 e. The molecule has 0 aromatic rings. The third kappa shape index (κ3) is 1.15. The SMILES string of the molecule is C[C@@]12C3=CC(=O)OCC3=C[C@H]3OC(=O)[C@](C)([C@@H]31)[C@@H](O)[C@H]1O[C@H]12. The van der Waals surface area contributed by atoms with Gasteiger partial charge in [-0.05, 0) is 24.1 Å². The molecule has 2 aliphatic carbocycles. The molecule has 5 rings (SSSR count). The molecular weight excluding hydrogens is 288 g/mol. The molecule has 3 heterocycles. The van der Waals surface area contributed by atoms with Crippen LogP contribution >= 0.6 is 0 Å². The minimum Gasteiger partial charge on any atom is -0.458 e. The standard InChI is InChI=1S/C16H16O6/c1-15-7-4-9(17)20-5-6(7)3-8-11(15)16(2,14(19)21-8)12(18)10-13(15)22-10/h3-4,8,10-13,18H,5H2,1-2H3/t8-,10-,11+,12+,13-,15-,16-/m1/s1. The predicted octanol–water partition coefficient (Wildman–Crippen LogP) is 0.106. The molecule has 1 saturated carbocycles. The summed E-state index contributed by atoms with van der Waals surface area (Å²) in [6.45, 7) is 3.96. The summed E-state index contributed by atoms with van der Waals surface area (Å²) in [5.74, 6) is -1.01. The molecule has 3 aliphatic heterocycles. The molecule has 116 valence electrons. The second-order valence-corrected chi connectivity index (χ2v) is 7.24. The van der Waals surface area contributed by atoms with Crippen LogP contribution in [0.1, 0.15) is 13.8 Å². The second kappa shape index (κ2) is 3.46. The summed E-state index contributed by atoms with van der Waals surface area (Å²) in [6.07, 6.45) is 1.51. The maximum atomic E-state index is 12.5. The lowest BCUT2D eigenvalue weighted by molar-refractivity contribution is -0.154. The molecule has 0 unspecified atom stereocenters. The van der Waals surface area contributed by atoms with Gasteiger partial charge in [-0.3, -0.25) is 4.79 Å². The number of aliphatic hydroxyl groups is 1. The molecule has 22 heavy (non-hydrogen) atoms. The average Bonchev–Trinajstić information content (AvgIpc) is 3.22. The number of fused-ring (bicyclic) bond motifs is 4. The first-order valence-electron chi connectivity index (χ1n) is 7.53. The lowest BCUT2D eigenvalue weighted by Gasteiger charge is -2.51. The molecule has 2 saturated heterocycles. The first-order chi connectivity index (χ1) is 10.4. The van der Waals surface area contributed by atoms with E-state index in [0.29, 0.717) is 0 Å². The monoisotopic (exact) mass is 304 g/mol. The van der Waals surface area contributed by atoms with E-state index >= 15 is 0 Å². The van der Waals surface area contributed by atoms with E-state index in [4.69, 9.17) is 14.2 Å². The topological polar surface area (TPSA) is 85.4 Å². The molecule has 3 fully saturated rings. The first-order valence-corrected chi connectivity index (χ1v) is 7.53. The Morgan fingerprint density at radius 3 is 2.82 bits per heavy atom. The van der Waals surface area contributed by atoms with Crippen LogP contribution in [0.3, 0.4) is 0 Å². The predicted molar refractivity (Wildman–Crippen MR) is 71.4 cm³/mol. The molecule has 7 atom stereocenters. The maximum Gasteiger partial charge on any atom is 0.331 e. The van der Waals surface area contributed by atoms with E-state index in [-0.39, 0.29) is 30.7 Å². The molecule has 6 heteroatoms.